The fraction of sp³-hybridized carbons (Fsp3) is 0.176. The molecule has 1 heterocycles. The molecule has 6 heteroatoms. The van der Waals surface area contributed by atoms with Crippen LogP contribution in [0.15, 0.2) is 48.5 Å². The van der Waals surface area contributed by atoms with Crippen LogP contribution < -0.4 is 10.6 Å². The summed E-state index contributed by atoms with van der Waals surface area (Å²) in [5, 5.41) is 6.50. The van der Waals surface area contributed by atoms with Crippen LogP contribution in [0.2, 0.25) is 5.02 Å². The van der Waals surface area contributed by atoms with E-state index in [-0.39, 0.29) is 17.9 Å². The van der Waals surface area contributed by atoms with Gasteiger partial charge in [0.1, 0.15) is 6.04 Å². The Bertz CT molecular complexity index is 714. The van der Waals surface area contributed by atoms with Crippen LogP contribution in [-0.4, -0.2) is 24.5 Å². The van der Waals surface area contributed by atoms with E-state index in [1.54, 1.807) is 36.4 Å². The lowest BCUT2D eigenvalue weighted by Crippen LogP contribution is -2.24. The van der Waals surface area contributed by atoms with E-state index in [2.05, 4.69) is 10.6 Å². The number of hydrogen-bond acceptors (Lipinski definition) is 4. The maximum atomic E-state index is 12.1. The van der Waals surface area contributed by atoms with E-state index in [1.165, 1.54) is 0 Å². The first-order valence-corrected chi connectivity index (χ1v) is 7.60. The summed E-state index contributed by atoms with van der Waals surface area (Å²) in [6.07, 6.45) is 0.661. The number of halogens is 1. The molecule has 2 aromatic carbocycles. The molecule has 0 bridgehead atoms. The van der Waals surface area contributed by atoms with Gasteiger partial charge in [-0.15, -0.1) is 0 Å². The highest BCUT2D eigenvalue weighted by Crippen LogP contribution is 2.18. The largest absolute Gasteiger partial charge is 0.464 e. The third-order valence-corrected chi connectivity index (χ3v) is 3.78. The number of hydrogen-bond donors (Lipinski definition) is 2. The molecule has 1 atom stereocenters. The topological polar surface area (TPSA) is 67.4 Å². The molecule has 1 amide bonds. The predicted octanol–water partition coefficient (Wildman–Crippen LogP) is 3.32. The van der Waals surface area contributed by atoms with E-state index in [0.29, 0.717) is 29.3 Å². The van der Waals surface area contributed by atoms with E-state index < -0.39 is 0 Å². The summed E-state index contributed by atoms with van der Waals surface area (Å²) in [6.45, 7) is 0.450. The Kier molecular flexibility index (Phi) is 4.48. The maximum Gasteiger partial charge on any atom is 0.328 e. The molecule has 118 valence electrons. The van der Waals surface area contributed by atoms with Crippen molar-refractivity contribution < 1.29 is 14.3 Å². The van der Waals surface area contributed by atoms with E-state index in [0.717, 1.165) is 5.69 Å². The van der Waals surface area contributed by atoms with Crippen LogP contribution in [0.1, 0.15) is 16.8 Å². The molecule has 0 aliphatic carbocycles. The van der Waals surface area contributed by atoms with Gasteiger partial charge < -0.3 is 15.4 Å². The molecule has 2 aromatic rings. The minimum atomic E-state index is -0.301. The van der Waals surface area contributed by atoms with Crippen molar-refractivity contribution in [3.63, 3.8) is 0 Å². The van der Waals surface area contributed by atoms with Gasteiger partial charge in [0.05, 0.1) is 6.61 Å². The van der Waals surface area contributed by atoms with Gasteiger partial charge in [-0.05, 0) is 48.5 Å². The molecule has 1 aliphatic heterocycles. The molecule has 2 N–H and O–H groups in total. The van der Waals surface area contributed by atoms with Crippen LogP contribution in [0.4, 0.5) is 11.4 Å². The molecule has 1 fully saturated rings. The zero-order chi connectivity index (χ0) is 16.2. The van der Waals surface area contributed by atoms with E-state index in [4.69, 9.17) is 16.3 Å². The fourth-order valence-electron chi connectivity index (χ4n) is 2.28. The Morgan fingerprint density at radius 1 is 1.04 bits per heavy atom. The summed E-state index contributed by atoms with van der Waals surface area (Å²) in [5.74, 6) is -0.438. The Balaban J connectivity index is 1.62. The van der Waals surface area contributed by atoms with Crippen LogP contribution in [0.5, 0.6) is 0 Å². The van der Waals surface area contributed by atoms with Crippen molar-refractivity contribution in [3.05, 3.63) is 59.1 Å². The average Bonchev–Trinajstić information content (AvgIpc) is 2.95. The quantitative estimate of drug-likeness (QED) is 0.844. The second-order valence-corrected chi connectivity index (χ2v) is 5.63. The highest BCUT2D eigenvalue weighted by molar-refractivity contribution is 6.30. The molecular formula is C17H15ClN2O3. The van der Waals surface area contributed by atoms with Gasteiger partial charge in [-0.3, -0.25) is 4.79 Å². The number of nitrogens with one attached hydrogen (secondary N) is 2. The fourth-order valence-corrected chi connectivity index (χ4v) is 2.41. The maximum absolute atomic E-state index is 12.1. The molecule has 0 saturated carbocycles. The normalized spacial score (nSPS) is 16.7. The van der Waals surface area contributed by atoms with Crippen molar-refractivity contribution in [3.8, 4) is 0 Å². The number of carbonyl (C=O) groups excluding carboxylic acids is 2. The van der Waals surface area contributed by atoms with Gasteiger partial charge >= 0.3 is 5.97 Å². The molecule has 0 spiro atoms. The molecule has 0 aromatic heterocycles. The van der Waals surface area contributed by atoms with Gasteiger partial charge in [0.2, 0.25) is 0 Å². The van der Waals surface area contributed by atoms with E-state index in [1.807, 2.05) is 12.1 Å². The zero-order valence-electron chi connectivity index (χ0n) is 12.2. The predicted molar refractivity (Wildman–Crippen MR) is 88.8 cm³/mol. The first kappa shape index (κ1) is 15.4. The summed E-state index contributed by atoms with van der Waals surface area (Å²) < 4.78 is 4.90. The van der Waals surface area contributed by atoms with Crippen LogP contribution in [0.3, 0.4) is 0 Å². The van der Waals surface area contributed by atoms with Crippen molar-refractivity contribution >= 4 is 34.9 Å². The lowest BCUT2D eigenvalue weighted by atomic mass is 10.2. The van der Waals surface area contributed by atoms with Gasteiger partial charge in [0.15, 0.2) is 0 Å². The highest BCUT2D eigenvalue weighted by atomic mass is 35.5. The van der Waals surface area contributed by atoms with Gasteiger partial charge in [-0.1, -0.05) is 11.6 Å². The second kappa shape index (κ2) is 6.71. The molecule has 1 saturated heterocycles. The molecule has 0 radical (unpaired) electrons. The van der Waals surface area contributed by atoms with Gasteiger partial charge in [0, 0.05) is 28.4 Å². The summed E-state index contributed by atoms with van der Waals surface area (Å²) in [5.41, 5.74) is 2.01. The first-order valence-electron chi connectivity index (χ1n) is 7.22. The van der Waals surface area contributed by atoms with Crippen molar-refractivity contribution in [2.24, 2.45) is 0 Å². The molecule has 0 unspecified atom stereocenters. The summed E-state index contributed by atoms with van der Waals surface area (Å²) in [7, 11) is 0. The molecular weight excluding hydrogens is 316 g/mol. The van der Waals surface area contributed by atoms with Crippen LogP contribution in [0.25, 0.3) is 0 Å². The average molecular weight is 331 g/mol. The van der Waals surface area contributed by atoms with Crippen molar-refractivity contribution in [2.75, 3.05) is 17.2 Å². The highest BCUT2D eigenvalue weighted by Gasteiger charge is 2.25. The van der Waals surface area contributed by atoms with Crippen molar-refractivity contribution in [2.45, 2.75) is 12.5 Å². The number of rotatable bonds is 4. The Morgan fingerprint density at radius 2 is 1.70 bits per heavy atom. The van der Waals surface area contributed by atoms with Gasteiger partial charge in [-0.25, -0.2) is 4.79 Å². The van der Waals surface area contributed by atoms with Gasteiger partial charge in [0.25, 0.3) is 5.91 Å². The Hall–Kier alpha value is -2.53. The second-order valence-electron chi connectivity index (χ2n) is 5.19. The zero-order valence-corrected chi connectivity index (χ0v) is 13.0. The standard InChI is InChI=1S/C17H15ClN2O3/c18-12-3-1-11(2-4-12)16(21)20-14-7-5-13(6-8-14)19-15-9-10-23-17(15)22/h1-8,15,19H,9-10H2,(H,20,21)/t15-/m1/s1. The SMILES string of the molecule is O=C(Nc1ccc(N[C@@H]2CCOC2=O)cc1)c1ccc(Cl)cc1. The van der Waals surface area contributed by atoms with E-state index >= 15 is 0 Å². The summed E-state index contributed by atoms with van der Waals surface area (Å²) >= 11 is 5.80. The summed E-state index contributed by atoms with van der Waals surface area (Å²) in [6, 6.07) is 13.5. The number of amides is 1. The van der Waals surface area contributed by atoms with Crippen molar-refractivity contribution in [1.82, 2.24) is 0 Å². The number of cyclic esters (lactones) is 1. The molecule has 1 aliphatic rings. The van der Waals surface area contributed by atoms with Crippen LogP contribution in [-0.2, 0) is 9.53 Å². The number of benzene rings is 2. The first-order chi connectivity index (χ1) is 11.1. The minimum Gasteiger partial charge on any atom is -0.464 e. The van der Waals surface area contributed by atoms with Crippen molar-refractivity contribution in [1.29, 1.82) is 0 Å². The van der Waals surface area contributed by atoms with Crippen LogP contribution >= 0.6 is 11.6 Å². The number of ether oxygens (including phenoxy) is 1. The Morgan fingerprint density at radius 3 is 2.30 bits per heavy atom. The molecule has 5 nitrogen and oxygen atoms in total. The van der Waals surface area contributed by atoms with Gasteiger partial charge in [-0.2, -0.15) is 0 Å². The molecule has 23 heavy (non-hydrogen) atoms. The third-order valence-electron chi connectivity index (χ3n) is 3.53. The smallest absolute Gasteiger partial charge is 0.328 e. The number of anilines is 2. The Labute approximate surface area is 138 Å². The lowest BCUT2D eigenvalue weighted by molar-refractivity contribution is -0.138. The van der Waals surface area contributed by atoms with E-state index in [9.17, 15) is 9.59 Å². The number of carbonyl (C=O) groups is 2. The van der Waals surface area contributed by atoms with Crippen LogP contribution in [0, 0.1) is 0 Å². The monoisotopic (exact) mass is 330 g/mol. The summed E-state index contributed by atoms with van der Waals surface area (Å²) in [4.78, 5) is 23.5. The lowest BCUT2D eigenvalue weighted by Gasteiger charge is -2.11. The third kappa shape index (κ3) is 3.81. The number of esters is 1. The minimum absolute atomic E-state index is 0.207. The molecule has 3 rings (SSSR count).